The fraction of sp³-hybridized carbons (Fsp3) is 0.333. The molecule has 33 heavy (non-hydrogen) atoms. The largest absolute Gasteiger partial charge is 0.373 e. The number of carbonyl (C=O) groups is 1. The number of hydrogen-bond acceptors (Lipinski definition) is 6. The van der Waals surface area contributed by atoms with Crippen LogP contribution in [0.25, 0.3) is 11.3 Å². The molecule has 0 saturated carbocycles. The fourth-order valence-corrected chi connectivity index (χ4v) is 6.34. The Morgan fingerprint density at radius 3 is 2.55 bits per heavy atom. The van der Waals surface area contributed by atoms with Crippen LogP contribution in [0, 0.1) is 13.8 Å². The minimum absolute atomic E-state index is 0.0894. The molecule has 174 valence electrons. The van der Waals surface area contributed by atoms with Crippen molar-refractivity contribution in [3.05, 3.63) is 64.5 Å². The topological polar surface area (TPSA) is 88.6 Å². The standard InChI is InChI=1S/C24H27N3O4S2/c1-15-8-9-21(16(2)10-15)22-14-32-24(25-22)26-23(28)19-6-5-7-20(11-19)33(29,30)27-12-17(3)31-18(4)13-27/h5-11,14,17-18H,12-13H2,1-4H3,(H,25,26,28). The van der Waals surface area contributed by atoms with Crippen molar-refractivity contribution in [2.75, 3.05) is 18.4 Å². The maximum atomic E-state index is 13.2. The Morgan fingerprint density at radius 2 is 1.85 bits per heavy atom. The van der Waals surface area contributed by atoms with Crippen LogP contribution in [-0.4, -0.2) is 48.9 Å². The van der Waals surface area contributed by atoms with Crippen molar-refractivity contribution < 1.29 is 17.9 Å². The van der Waals surface area contributed by atoms with Gasteiger partial charge in [-0.25, -0.2) is 13.4 Å². The molecule has 2 unspecified atom stereocenters. The lowest BCUT2D eigenvalue weighted by Crippen LogP contribution is -2.48. The smallest absolute Gasteiger partial charge is 0.257 e. The summed E-state index contributed by atoms with van der Waals surface area (Å²) in [6.07, 6.45) is -0.377. The molecule has 1 aliphatic rings. The van der Waals surface area contributed by atoms with Crippen molar-refractivity contribution in [1.29, 1.82) is 0 Å². The molecule has 7 nitrogen and oxygen atoms in total. The van der Waals surface area contributed by atoms with E-state index >= 15 is 0 Å². The van der Waals surface area contributed by atoms with Crippen molar-refractivity contribution in [2.45, 2.75) is 44.8 Å². The summed E-state index contributed by atoms with van der Waals surface area (Å²) in [7, 11) is -3.74. The average Bonchev–Trinajstić information content (AvgIpc) is 3.21. The van der Waals surface area contributed by atoms with Crippen LogP contribution in [0.1, 0.15) is 35.3 Å². The molecule has 3 aromatic rings. The number of aryl methyl sites for hydroxylation is 2. The van der Waals surface area contributed by atoms with Gasteiger partial charge >= 0.3 is 0 Å². The Morgan fingerprint density at radius 1 is 1.12 bits per heavy atom. The van der Waals surface area contributed by atoms with Crippen LogP contribution < -0.4 is 5.32 Å². The van der Waals surface area contributed by atoms with E-state index in [2.05, 4.69) is 16.4 Å². The van der Waals surface area contributed by atoms with E-state index < -0.39 is 15.9 Å². The number of nitrogens with one attached hydrogen (secondary N) is 1. The second-order valence-corrected chi connectivity index (χ2v) is 11.2. The van der Waals surface area contributed by atoms with Crippen LogP contribution in [0.5, 0.6) is 0 Å². The highest BCUT2D eigenvalue weighted by molar-refractivity contribution is 7.89. The second-order valence-electron chi connectivity index (χ2n) is 8.42. The molecule has 1 saturated heterocycles. The number of rotatable bonds is 5. The number of amides is 1. The first-order chi connectivity index (χ1) is 15.6. The summed E-state index contributed by atoms with van der Waals surface area (Å²) in [6.45, 7) is 8.33. The molecule has 4 rings (SSSR count). The van der Waals surface area contributed by atoms with Gasteiger partial charge in [0.1, 0.15) is 0 Å². The summed E-state index contributed by atoms with van der Waals surface area (Å²) in [4.78, 5) is 17.5. The van der Waals surface area contributed by atoms with Gasteiger partial charge in [0.2, 0.25) is 10.0 Å². The molecule has 1 amide bonds. The van der Waals surface area contributed by atoms with E-state index in [-0.39, 0.29) is 35.8 Å². The van der Waals surface area contributed by atoms with E-state index in [1.54, 1.807) is 12.1 Å². The minimum Gasteiger partial charge on any atom is -0.373 e. The molecule has 0 radical (unpaired) electrons. The number of morpholine rings is 1. The highest BCUT2D eigenvalue weighted by Crippen LogP contribution is 2.28. The zero-order chi connectivity index (χ0) is 23.8. The number of carbonyl (C=O) groups excluding carboxylic acids is 1. The second kappa shape index (κ2) is 9.34. The van der Waals surface area contributed by atoms with Gasteiger partial charge in [0, 0.05) is 29.6 Å². The molecule has 0 spiro atoms. The predicted octanol–water partition coefficient (Wildman–Crippen LogP) is 4.48. The van der Waals surface area contributed by atoms with Gasteiger partial charge in [-0.15, -0.1) is 11.3 Å². The van der Waals surface area contributed by atoms with Gasteiger partial charge in [-0.1, -0.05) is 29.8 Å². The van der Waals surface area contributed by atoms with Gasteiger partial charge in [-0.3, -0.25) is 10.1 Å². The van der Waals surface area contributed by atoms with E-state index in [0.717, 1.165) is 16.8 Å². The number of hydrogen-bond donors (Lipinski definition) is 1. The highest BCUT2D eigenvalue weighted by Gasteiger charge is 2.32. The first-order valence-electron chi connectivity index (χ1n) is 10.7. The van der Waals surface area contributed by atoms with E-state index in [4.69, 9.17) is 4.74 Å². The third kappa shape index (κ3) is 5.16. The summed E-state index contributed by atoms with van der Waals surface area (Å²) in [5.74, 6) is -0.405. The molecular formula is C24H27N3O4S2. The Hall–Kier alpha value is -2.59. The van der Waals surface area contributed by atoms with Gasteiger partial charge in [0.15, 0.2) is 5.13 Å². The number of nitrogens with zero attached hydrogens (tertiary/aromatic N) is 2. The van der Waals surface area contributed by atoms with E-state index in [1.807, 2.05) is 45.2 Å². The normalized spacial score (nSPS) is 19.4. The maximum absolute atomic E-state index is 13.2. The SMILES string of the molecule is Cc1ccc(-c2csc(NC(=O)c3cccc(S(=O)(=O)N4CC(C)OC(C)C4)c3)n2)c(C)c1. The van der Waals surface area contributed by atoms with Crippen molar-refractivity contribution in [1.82, 2.24) is 9.29 Å². The van der Waals surface area contributed by atoms with E-state index in [0.29, 0.717) is 5.13 Å². The number of anilines is 1. The lowest BCUT2D eigenvalue weighted by Gasteiger charge is -2.34. The summed E-state index contributed by atoms with van der Waals surface area (Å²) >= 11 is 1.33. The summed E-state index contributed by atoms with van der Waals surface area (Å²) < 4.78 is 33.4. The van der Waals surface area contributed by atoms with Crippen LogP contribution in [0.4, 0.5) is 5.13 Å². The van der Waals surface area contributed by atoms with Gasteiger partial charge in [0.25, 0.3) is 5.91 Å². The maximum Gasteiger partial charge on any atom is 0.257 e. The fourth-order valence-electron chi connectivity index (χ4n) is 4.00. The molecule has 9 heteroatoms. The molecular weight excluding hydrogens is 458 g/mol. The quantitative estimate of drug-likeness (QED) is 0.576. The molecule has 0 aliphatic carbocycles. The number of aromatic nitrogens is 1. The Kier molecular flexibility index (Phi) is 6.67. The third-order valence-electron chi connectivity index (χ3n) is 5.50. The minimum atomic E-state index is -3.74. The number of benzene rings is 2. The lowest BCUT2D eigenvalue weighted by molar-refractivity contribution is -0.0440. The van der Waals surface area contributed by atoms with Crippen molar-refractivity contribution in [2.24, 2.45) is 0 Å². The zero-order valence-corrected chi connectivity index (χ0v) is 20.7. The Labute approximate surface area is 198 Å². The lowest BCUT2D eigenvalue weighted by atomic mass is 10.0. The van der Waals surface area contributed by atoms with Crippen LogP contribution in [0.15, 0.2) is 52.7 Å². The summed E-state index contributed by atoms with van der Waals surface area (Å²) in [5, 5.41) is 5.15. The van der Waals surface area contributed by atoms with Crippen LogP contribution in [0.3, 0.4) is 0 Å². The molecule has 1 aromatic heterocycles. The number of ether oxygens (including phenoxy) is 1. The molecule has 2 atom stereocenters. The molecule has 0 bridgehead atoms. The van der Waals surface area contributed by atoms with Crippen molar-refractivity contribution >= 4 is 32.4 Å². The van der Waals surface area contributed by atoms with Gasteiger partial charge in [0.05, 0.1) is 22.8 Å². The third-order valence-corrected chi connectivity index (χ3v) is 8.09. The van der Waals surface area contributed by atoms with Crippen molar-refractivity contribution in [3.8, 4) is 11.3 Å². The molecule has 2 heterocycles. The summed E-state index contributed by atoms with van der Waals surface area (Å²) in [5.41, 5.74) is 4.35. The van der Waals surface area contributed by atoms with Crippen LogP contribution >= 0.6 is 11.3 Å². The Balaban J connectivity index is 1.52. The monoisotopic (exact) mass is 485 g/mol. The number of thiazole rings is 1. The van der Waals surface area contributed by atoms with Gasteiger partial charge in [-0.2, -0.15) is 4.31 Å². The van der Waals surface area contributed by atoms with E-state index in [1.165, 1.54) is 33.3 Å². The van der Waals surface area contributed by atoms with E-state index in [9.17, 15) is 13.2 Å². The average molecular weight is 486 g/mol. The molecule has 1 N–H and O–H groups in total. The molecule has 2 aromatic carbocycles. The van der Waals surface area contributed by atoms with Gasteiger partial charge in [-0.05, 0) is 51.5 Å². The summed E-state index contributed by atoms with van der Waals surface area (Å²) in [6, 6.07) is 12.2. The van der Waals surface area contributed by atoms with Crippen LogP contribution in [0.2, 0.25) is 0 Å². The Bertz CT molecular complexity index is 1280. The highest BCUT2D eigenvalue weighted by atomic mass is 32.2. The van der Waals surface area contributed by atoms with Gasteiger partial charge < -0.3 is 4.74 Å². The van der Waals surface area contributed by atoms with Crippen molar-refractivity contribution in [3.63, 3.8) is 0 Å². The zero-order valence-electron chi connectivity index (χ0n) is 19.0. The molecule has 1 aliphatic heterocycles. The first-order valence-corrected chi connectivity index (χ1v) is 13.1. The number of sulfonamides is 1. The van der Waals surface area contributed by atoms with Crippen LogP contribution in [-0.2, 0) is 14.8 Å². The first kappa shape index (κ1) is 23.6. The molecule has 1 fully saturated rings. The predicted molar refractivity (Wildman–Crippen MR) is 130 cm³/mol.